The fraction of sp³-hybridized carbons (Fsp3) is 0.208. The Kier molecular flexibility index (Phi) is 5.67. The Labute approximate surface area is 168 Å². The summed E-state index contributed by atoms with van der Waals surface area (Å²) in [5.74, 6) is -0.335. The maximum Gasteiger partial charge on any atom is 0.251 e. The minimum absolute atomic E-state index is 0.149. The number of carbonyl (C=O) groups is 1. The molecule has 1 saturated heterocycles. The molecule has 0 radical (unpaired) electrons. The first-order valence-corrected chi connectivity index (χ1v) is 9.74. The van der Waals surface area contributed by atoms with Crippen molar-refractivity contribution in [1.29, 1.82) is 0 Å². The van der Waals surface area contributed by atoms with Gasteiger partial charge in [0.2, 0.25) is 0 Å². The molecule has 1 unspecified atom stereocenters. The second-order valence-electron chi connectivity index (χ2n) is 7.38. The average Bonchev–Trinajstić information content (AvgIpc) is 3.26. The fourth-order valence-electron chi connectivity index (χ4n) is 3.60. The molecule has 0 aromatic heterocycles. The summed E-state index contributed by atoms with van der Waals surface area (Å²) in [6.45, 7) is 2.52. The topological polar surface area (TPSA) is 41.1 Å². The van der Waals surface area contributed by atoms with Crippen LogP contribution < -0.4 is 10.6 Å². The van der Waals surface area contributed by atoms with E-state index in [9.17, 15) is 13.6 Å². The molecule has 2 N–H and O–H groups in total. The van der Waals surface area contributed by atoms with Gasteiger partial charge in [-0.1, -0.05) is 24.3 Å². The number of hydrogen-bond donors (Lipinski definition) is 2. The van der Waals surface area contributed by atoms with Gasteiger partial charge in [-0.05, 0) is 90.1 Å². The number of benzene rings is 3. The van der Waals surface area contributed by atoms with Crippen molar-refractivity contribution >= 4 is 5.91 Å². The highest BCUT2D eigenvalue weighted by Gasteiger charge is 2.17. The Hall–Kier alpha value is -3.05. The summed E-state index contributed by atoms with van der Waals surface area (Å²) in [5, 5.41) is 6.31. The fourth-order valence-corrected chi connectivity index (χ4v) is 3.60. The van der Waals surface area contributed by atoms with Gasteiger partial charge in [-0.15, -0.1) is 0 Å². The monoisotopic (exact) mass is 392 g/mol. The van der Waals surface area contributed by atoms with Crippen LogP contribution in [0.15, 0.2) is 66.7 Å². The molecule has 4 rings (SSSR count). The van der Waals surface area contributed by atoms with Crippen molar-refractivity contribution in [3.63, 3.8) is 0 Å². The molecular weight excluding hydrogens is 370 g/mol. The molecule has 3 aromatic carbocycles. The largest absolute Gasteiger partial charge is 0.352 e. The van der Waals surface area contributed by atoms with Crippen LogP contribution in [0, 0.1) is 17.6 Å². The lowest BCUT2D eigenvalue weighted by Gasteiger charge is -2.13. The summed E-state index contributed by atoms with van der Waals surface area (Å²) in [7, 11) is 0. The predicted octanol–water partition coefficient (Wildman–Crippen LogP) is 4.64. The lowest BCUT2D eigenvalue weighted by atomic mass is 9.95. The molecule has 3 nitrogen and oxygen atoms in total. The van der Waals surface area contributed by atoms with Crippen LogP contribution in [0.5, 0.6) is 0 Å². The molecule has 1 aliphatic rings. The Balaban J connectivity index is 1.68. The second-order valence-corrected chi connectivity index (χ2v) is 7.38. The van der Waals surface area contributed by atoms with Crippen molar-refractivity contribution in [2.75, 3.05) is 19.6 Å². The molecule has 3 aromatic rings. The summed E-state index contributed by atoms with van der Waals surface area (Å²) < 4.78 is 26.7. The van der Waals surface area contributed by atoms with Gasteiger partial charge in [0.15, 0.2) is 0 Å². The summed E-state index contributed by atoms with van der Waals surface area (Å²) in [6.07, 6.45) is 1.05. The quantitative estimate of drug-likeness (QED) is 0.664. The van der Waals surface area contributed by atoms with E-state index in [1.807, 2.05) is 18.2 Å². The van der Waals surface area contributed by atoms with Gasteiger partial charge in [0, 0.05) is 12.1 Å². The van der Waals surface area contributed by atoms with Gasteiger partial charge >= 0.3 is 0 Å². The molecule has 148 valence electrons. The van der Waals surface area contributed by atoms with Gasteiger partial charge in [0.25, 0.3) is 5.91 Å². The van der Waals surface area contributed by atoms with E-state index in [1.165, 1.54) is 24.3 Å². The van der Waals surface area contributed by atoms with Crippen molar-refractivity contribution in [3.05, 3.63) is 83.9 Å². The lowest BCUT2D eigenvalue weighted by Crippen LogP contribution is -2.30. The maximum absolute atomic E-state index is 13.3. The van der Waals surface area contributed by atoms with E-state index in [1.54, 1.807) is 24.3 Å². The van der Waals surface area contributed by atoms with Crippen molar-refractivity contribution < 1.29 is 13.6 Å². The number of halogens is 2. The number of hydrogen-bond acceptors (Lipinski definition) is 2. The Morgan fingerprint density at radius 1 is 0.862 bits per heavy atom. The van der Waals surface area contributed by atoms with E-state index in [0.717, 1.165) is 41.8 Å². The Bertz CT molecular complexity index is 931. The van der Waals surface area contributed by atoms with Gasteiger partial charge in [-0.25, -0.2) is 8.78 Å². The summed E-state index contributed by atoms with van der Waals surface area (Å²) in [5.41, 5.74) is 3.75. The molecule has 29 heavy (non-hydrogen) atoms. The van der Waals surface area contributed by atoms with Crippen molar-refractivity contribution in [1.82, 2.24) is 10.6 Å². The first kappa shape index (κ1) is 19.3. The van der Waals surface area contributed by atoms with E-state index in [-0.39, 0.29) is 17.5 Å². The van der Waals surface area contributed by atoms with Crippen LogP contribution in [-0.4, -0.2) is 25.5 Å². The van der Waals surface area contributed by atoms with E-state index >= 15 is 0 Å². The molecule has 0 spiro atoms. The molecule has 0 aliphatic carbocycles. The minimum atomic E-state index is -0.313. The molecular formula is C24H22F2N2O. The molecule has 1 fully saturated rings. The highest BCUT2D eigenvalue weighted by Crippen LogP contribution is 2.29. The van der Waals surface area contributed by atoms with Gasteiger partial charge in [-0.2, -0.15) is 0 Å². The van der Waals surface area contributed by atoms with Crippen molar-refractivity contribution in [2.24, 2.45) is 5.92 Å². The van der Waals surface area contributed by atoms with Gasteiger partial charge < -0.3 is 10.6 Å². The molecule has 0 saturated carbocycles. The van der Waals surface area contributed by atoms with Crippen molar-refractivity contribution in [3.8, 4) is 22.3 Å². The number of rotatable bonds is 5. The average molecular weight is 392 g/mol. The second kappa shape index (κ2) is 8.53. The molecule has 1 amide bonds. The van der Waals surface area contributed by atoms with Gasteiger partial charge in [0.1, 0.15) is 11.6 Å². The van der Waals surface area contributed by atoms with Crippen LogP contribution in [0.25, 0.3) is 22.3 Å². The normalized spacial score (nSPS) is 16.0. The van der Waals surface area contributed by atoms with E-state index in [0.29, 0.717) is 18.0 Å². The van der Waals surface area contributed by atoms with E-state index in [4.69, 9.17) is 0 Å². The Morgan fingerprint density at radius 3 is 1.90 bits per heavy atom. The van der Waals surface area contributed by atoms with Crippen LogP contribution in [0.4, 0.5) is 8.78 Å². The maximum atomic E-state index is 13.3. The zero-order chi connectivity index (χ0) is 20.2. The third-order valence-electron chi connectivity index (χ3n) is 5.26. The van der Waals surface area contributed by atoms with Gasteiger partial charge in [-0.3, -0.25) is 4.79 Å². The third-order valence-corrected chi connectivity index (χ3v) is 5.26. The zero-order valence-corrected chi connectivity index (χ0v) is 15.9. The van der Waals surface area contributed by atoms with Gasteiger partial charge in [0.05, 0.1) is 0 Å². The van der Waals surface area contributed by atoms with Crippen LogP contribution in [-0.2, 0) is 0 Å². The highest BCUT2D eigenvalue weighted by atomic mass is 19.1. The predicted molar refractivity (Wildman–Crippen MR) is 111 cm³/mol. The summed E-state index contributed by atoms with van der Waals surface area (Å²) in [4.78, 5) is 12.8. The summed E-state index contributed by atoms with van der Waals surface area (Å²) >= 11 is 0. The number of amides is 1. The van der Waals surface area contributed by atoms with Crippen LogP contribution in [0.1, 0.15) is 16.8 Å². The van der Waals surface area contributed by atoms with Crippen molar-refractivity contribution in [2.45, 2.75) is 6.42 Å². The van der Waals surface area contributed by atoms with Crippen LogP contribution in [0.3, 0.4) is 0 Å². The third kappa shape index (κ3) is 4.69. The lowest BCUT2D eigenvalue weighted by molar-refractivity contribution is 0.0948. The SMILES string of the molecule is O=C(NCC1CCNC1)c1cc(-c2ccc(F)cc2)cc(-c2ccc(F)cc2)c1. The number of carbonyl (C=O) groups excluding carboxylic acids is 1. The smallest absolute Gasteiger partial charge is 0.251 e. The standard InChI is InChI=1S/C24H22F2N2O/c25-22-5-1-17(2-6-22)19-11-20(18-3-7-23(26)8-4-18)13-21(12-19)24(29)28-15-16-9-10-27-14-16/h1-8,11-13,16,27H,9-10,14-15H2,(H,28,29). The first-order chi connectivity index (χ1) is 14.1. The van der Waals surface area contributed by atoms with E-state index < -0.39 is 0 Å². The molecule has 1 atom stereocenters. The highest BCUT2D eigenvalue weighted by molar-refractivity contribution is 5.97. The molecule has 5 heteroatoms. The Morgan fingerprint density at radius 2 is 1.41 bits per heavy atom. The van der Waals surface area contributed by atoms with E-state index in [2.05, 4.69) is 10.6 Å². The molecule has 1 heterocycles. The first-order valence-electron chi connectivity index (χ1n) is 9.74. The zero-order valence-electron chi connectivity index (χ0n) is 15.9. The molecule has 0 bridgehead atoms. The number of nitrogens with one attached hydrogen (secondary N) is 2. The molecule has 1 aliphatic heterocycles. The van der Waals surface area contributed by atoms with Crippen LogP contribution in [0.2, 0.25) is 0 Å². The summed E-state index contributed by atoms with van der Waals surface area (Å²) in [6, 6.07) is 17.9. The van der Waals surface area contributed by atoms with Crippen LogP contribution >= 0.6 is 0 Å². The minimum Gasteiger partial charge on any atom is -0.352 e.